The lowest BCUT2D eigenvalue weighted by Crippen LogP contribution is -2.45. The van der Waals surface area contributed by atoms with E-state index in [2.05, 4.69) is 52.2 Å². The van der Waals surface area contributed by atoms with E-state index in [1.165, 1.54) is 24.0 Å². The maximum Gasteiger partial charge on any atom is 0.226 e. The third-order valence-electron chi connectivity index (χ3n) is 6.80. The van der Waals surface area contributed by atoms with E-state index < -0.39 is 0 Å². The Bertz CT molecular complexity index is 858. The van der Waals surface area contributed by atoms with Crippen LogP contribution in [0.3, 0.4) is 0 Å². The first-order valence-corrected chi connectivity index (χ1v) is 11.1. The highest BCUT2D eigenvalue weighted by molar-refractivity contribution is 5.79. The number of aromatic nitrogens is 2. The molecule has 0 unspecified atom stereocenters. The van der Waals surface area contributed by atoms with Crippen molar-refractivity contribution in [2.75, 3.05) is 19.6 Å². The SMILES string of the molecule is CCN1CCC[C@H]1CN(Cc1cc(C)nn1C)C(=O)[C@@H]1CCc2ccccc2C1. The first-order valence-electron chi connectivity index (χ1n) is 11.1. The normalized spacial score (nSPS) is 21.9. The van der Waals surface area contributed by atoms with E-state index in [-0.39, 0.29) is 5.92 Å². The Morgan fingerprint density at radius 3 is 2.76 bits per heavy atom. The molecule has 1 saturated heterocycles. The molecule has 1 aliphatic heterocycles. The molecule has 1 aliphatic carbocycles. The number of benzene rings is 1. The van der Waals surface area contributed by atoms with Crippen LogP contribution in [0.25, 0.3) is 0 Å². The molecule has 5 heteroatoms. The number of hydrogen-bond acceptors (Lipinski definition) is 3. The molecule has 156 valence electrons. The molecular weight excluding hydrogens is 360 g/mol. The molecular formula is C24H34N4O. The van der Waals surface area contributed by atoms with E-state index >= 15 is 0 Å². The second kappa shape index (κ2) is 8.70. The number of rotatable bonds is 6. The van der Waals surface area contributed by atoms with Crippen LogP contribution in [0.15, 0.2) is 30.3 Å². The van der Waals surface area contributed by atoms with E-state index in [1.54, 1.807) is 0 Å². The summed E-state index contributed by atoms with van der Waals surface area (Å²) in [6.07, 6.45) is 5.27. The fourth-order valence-electron chi connectivity index (χ4n) is 5.18. The molecule has 5 nitrogen and oxygen atoms in total. The Morgan fingerprint density at radius 2 is 2.03 bits per heavy atom. The molecule has 4 rings (SSSR count). The van der Waals surface area contributed by atoms with Crippen molar-refractivity contribution in [3.05, 3.63) is 52.8 Å². The third kappa shape index (κ3) is 4.40. The molecule has 29 heavy (non-hydrogen) atoms. The van der Waals surface area contributed by atoms with Crippen LogP contribution in [0.1, 0.15) is 48.7 Å². The zero-order valence-electron chi connectivity index (χ0n) is 18.1. The van der Waals surface area contributed by atoms with Crippen LogP contribution in [0.5, 0.6) is 0 Å². The van der Waals surface area contributed by atoms with Gasteiger partial charge in [-0.2, -0.15) is 5.10 Å². The van der Waals surface area contributed by atoms with Gasteiger partial charge in [-0.3, -0.25) is 14.4 Å². The van der Waals surface area contributed by atoms with Gasteiger partial charge in [0.2, 0.25) is 5.91 Å². The zero-order chi connectivity index (χ0) is 20.4. The summed E-state index contributed by atoms with van der Waals surface area (Å²) >= 11 is 0. The van der Waals surface area contributed by atoms with Crippen LogP contribution < -0.4 is 0 Å². The lowest BCUT2D eigenvalue weighted by atomic mass is 9.83. The quantitative estimate of drug-likeness (QED) is 0.755. The van der Waals surface area contributed by atoms with Crippen molar-refractivity contribution in [1.82, 2.24) is 19.6 Å². The summed E-state index contributed by atoms with van der Waals surface area (Å²) in [7, 11) is 1.98. The molecule has 1 aromatic heterocycles. The second-order valence-corrected chi connectivity index (χ2v) is 8.75. The number of carbonyl (C=O) groups excluding carboxylic acids is 1. The van der Waals surface area contributed by atoms with Gasteiger partial charge in [0.05, 0.1) is 17.9 Å². The Morgan fingerprint density at radius 1 is 1.24 bits per heavy atom. The molecule has 1 fully saturated rings. The maximum absolute atomic E-state index is 13.7. The average molecular weight is 395 g/mol. The van der Waals surface area contributed by atoms with Crippen molar-refractivity contribution in [2.24, 2.45) is 13.0 Å². The molecule has 2 atom stereocenters. The Hall–Kier alpha value is -2.14. The smallest absolute Gasteiger partial charge is 0.226 e. The number of amides is 1. The van der Waals surface area contributed by atoms with Gasteiger partial charge < -0.3 is 4.90 Å². The Balaban J connectivity index is 1.54. The van der Waals surface area contributed by atoms with Crippen molar-refractivity contribution in [3.63, 3.8) is 0 Å². The minimum Gasteiger partial charge on any atom is -0.335 e. The maximum atomic E-state index is 13.7. The minimum absolute atomic E-state index is 0.0932. The molecule has 0 N–H and O–H groups in total. The first-order chi connectivity index (χ1) is 14.0. The van der Waals surface area contributed by atoms with Gasteiger partial charge in [0.15, 0.2) is 0 Å². The van der Waals surface area contributed by atoms with Crippen LogP contribution in [0, 0.1) is 12.8 Å². The van der Waals surface area contributed by atoms with E-state index in [0.717, 1.165) is 50.3 Å². The third-order valence-corrected chi connectivity index (χ3v) is 6.80. The molecule has 1 amide bonds. The summed E-state index contributed by atoms with van der Waals surface area (Å²) in [5.74, 6) is 0.414. The van der Waals surface area contributed by atoms with Crippen molar-refractivity contribution in [2.45, 2.75) is 58.5 Å². The highest BCUT2D eigenvalue weighted by Crippen LogP contribution is 2.28. The summed E-state index contributed by atoms with van der Waals surface area (Å²) in [6, 6.07) is 11.2. The zero-order valence-corrected chi connectivity index (χ0v) is 18.1. The molecule has 1 aromatic carbocycles. The lowest BCUT2D eigenvalue weighted by molar-refractivity contribution is -0.137. The predicted octanol–water partition coefficient (Wildman–Crippen LogP) is 3.35. The van der Waals surface area contributed by atoms with Crippen molar-refractivity contribution >= 4 is 5.91 Å². The van der Waals surface area contributed by atoms with Gasteiger partial charge in [0.1, 0.15) is 0 Å². The van der Waals surface area contributed by atoms with Crippen LogP contribution in [0.4, 0.5) is 0 Å². The van der Waals surface area contributed by atoms with E-state index in [0.29, 0.717) is 18.5 Å². The summed E-state index contributed by atoms with van der Waals surface area (Å²) < 4.78 is 1.93. The summed E-state index contributed by atoms with van der Waals surface area (Å²) in [5, 5.41) is 4.50. The Labute approximate surface area is 174 Å². The number of carbonyl (C=O) groups is 1. The van der Waals surface area contributed by atoms with Crippen molar-refractivity contribution in [3.8, 4) is 0 Å². The first kappa shape index (κ1) is 20.1. The van der Waals surface area contributed by atoms with Gasteiger partial charge in [-0.1, -0.05) is 31.2 Å². The molecule has 0 saturated carbocycles. The van der Waals surface area contributed by atoms with Crippen molar-refractivity contribution < 1.29 is 4.79 Å². The standard InChI is InChI=1S/C24H34N4O/c1-4-27-13-7-10-22(27)16-28(17-23-14-18(2)25-26(23)3)24(29)21-12-11-19-8-5-6-9-20(19)15-21/h5-6,8-9,14,21-22H,4,7,10-13,15-17H2,1-3H3/t21-,22+/m1/s1. The fourth-order valence-corrected chi connectivity index (χ4v) is 5.18. The number of hydrogen-bond donors (Lipinski definition) is 0. The largest absolute Gasteiger partial charge is 0.335 e. The molecule has 2 heterocycles. The van der Waals surface area contributed by atoms with Crippen LogP contribution in [-0.2, 0) is 31.2 Å². The summed E-state index contributed by atoms with van der Waals surface area (Å²) in [5.41, 5.74) is 4.90. The second-order valence-electron chi connectivity index (χ2n) is 8.75. The average Bonchev–Trinajstić information content (AvgIpc) is 3.31. The van der Waals surface area contributed by atoms with Gasteiger partial charge in [-0.15, -0.1) is 0 Å². The molecule has 0 radical (unpaired) electrons. The Kier molecular flexibility index (Phi) is 6.04. The van der Waals surface area contributed by atoms with Gasteiger partial charge in [-0.25, -0.2) is 0 Å². The lowest BCUT2D eigenvalue weighted by Gasteiger charge is -2.34. The number of likely N-dealkylation sites (tertiary alicyclic amines) is 1. The fraction of sp³-hybridized carbons (Fsp3) is 0.583. The van der Waals surface area contributed by atoms with E-state index in [1.807, 2.05) is 18.7 Å². The van der Waals surface area contributed by atoms with Gasteiger partial charge in [0.25, 0.3) is 0 Å². The van der Waals surface area contributed by atoms with Crippen LogP contribution >= 0.6 is 0 Å². The molecule has 2 aliphatic rings. The van der Waals surface area contributed by atoms with Crippen LogP contribution in [-0.4, -0.2) is 51.2 Å². The van der Waals surface area contributed by atoms with Gasteiger partial charge in [0, 0.05) is 25.6 Å². The number of aryl methyl sites for hydroxylation is 3. The number of nitrogens with zero attached hydrogens (tertiary/aromatic N) is 4. The highest BCUT2D eigenvalue weighted by atomic mass is 16.2. The molecule has 0 spiro atoms. The van der Waals surface area contributed by atoms with E-state index in [9.17, 15) is 4.79 Å². The van der Waals surface area contributed by atoms with E-state index in [4.69, 9.17) is 0 Å². The van der Waals surface area contributed by atoms with Crippen LogP contribution in [0.2, 0.25) is 0 Å². The highest BCUT2D eigenvalue weighted by Gasteiger charge is 2.32. The number of likely N-dealkylation sites (N-methyl/N-ethyl adjacent to an activating group) is 1. The van der Waals surface area contributed by atoms with Crippen molar-refractivity contribution in [1.29, 1.82) is 0 Å². The topological polar surface area (TPSA) is 41.4 Å². The predicted molar refractivity (Wildman–Crippen MR) is 116 cm³/mol. The van der Waals surface area contributed by atoms with Gasteiger partial charge >= 0.3 is 0 Å². The summed E-state index contributed by atoms with van der Waals surface area (Å²) in [4.78, 5) is 18.4. The molecule has 2 aromatic rings. The molecule has 0 bridgehead atoms. The minimum atomic E-state index is 0.0932. The number of fused-ring (bicyclic) bond motifs is 1. The van der Waals surface area contributed by atoms with Gasteiger partial charge in [-0.05, 0) is 69.3 Å². The summed E-state index contributed by atoms with van der Waals surface area (Å²) in [6.45, 7) is 7.95. The monoisotopic (exact) mass is 394 g/mol.